The summed E-state index contributed by atoms with van der Waals surface area (Å²) in [5.74, 6) is -0.0556. The third-order valence-electron chi connectivity index (χ3n) is 2.92. The Hall–Kier alpha value is -1.10. The lowest BCUT2D eigenvalue weighted by Gasteiger charge is -2.26. The third kappa shape index (κ3) is 3.98. The number of hydrogen-bond acceptors (Lipinski definition) is 3. The summed E-state index contributed by atoms with van der Waals surface area (Å²) in [7, 11) is 0. The van der Waals surface area contributed by atoms with Gasteiger partial charge in [0.25, 0.3) is 5.91 Å². The lowest BCUT2D eigenvalue weighted by Crippen LogP contribution is -2.41. The highest BCUT2D eigenvalue weighted by Gasteiger charge is 2.10. The summed E-state index contributed by atoms with van der Waals surface area (Å²) < 4.78 is 5.27. The summed E-state index contributed by atoms with van der Waals surface area (Å²) in [6.07, 6.45) is 0. The van der Waals surface area contributed by atoms with E-state index in [0.717, 1.165) is 32.8 Å². The predicted molar refractivity (Wildman–Crippen MR) is 71.0 cm³/mol. The van der Waals surface area contributed by atoms with Crippen molar-refractivity contribution >= 4 is 17.5 Å². The number of hydrogen-bond donors (Lipinski definition) is 1. The second kappa shape index (κ2) is 6.73. The molecule has 0 spiro atoms. The first kappa shape index (κ1) is 13.3. The Morgan fingerprint density at radius 2 is 1.94 bits per heavy atom. The Morgan fingerprint density at radius 3 is 2.61 bits per heavy atom. The van der Waals surface area contributed by atoms with Crippen LogP contribution in [0, 0.1) is 0 Å². The topological polar surface area (TPSA) is 41.6 Å². The molecular formula is C13H17ClN2O2. The zero-order valence-corrected chi connectivity index (χ0v) is 10.9. The van der Waals surface area contributed by atoms with E-state index in [4.69, 9.17) is 16.3 Å². The zero-order chi connectivity index (χ0) is 12.8. The summed E-state index contributed by atoms with van der Waals surface area (Å²) in [4.78, 5) is 14.1. The van der Waals surface area contributed by atoms with Gasteiger partial charge in [0.05, 0.1) is 13.2 Å². The standard InChI is InChI=1S/C13H17ClN2O2/c14-12-3-1-11(2-4-12)13(17)15-5-6-16-7-9-18-10-8-16/h1-4H,5-10H2,(H,15,17)/i13-1. The summed E-state index contributed by atoms with van der Waals surface area (Å²) >= 11 is 5.77. The van der Waals surface area contributed by atoms with Gasteiger partial charge in [0.1, 0.15) is 0 Å². The zero-order valence-electron chi connectivity index (χ0n) is 10.2. The molecule has 0 bridgehead atoms. The first-order chi connectivity index (χ1) is 8.75. The Morgan fingerprint density at radius 1 is 1.28 bits per heavy atom. The average Bonchev–Trinajstić information content (AvgIpc) is 2.40. The highest BCUT2D eigenvalue weighted by Crippen LogP contribution is 2.09. The number of carbonyl (C=O) groups is 1. The molecule has 98 valence electrons. The van der Waals surface area contributed by atoms with Gasteiger partial charge in [-0.2, -0.15) is 0 Å². The average molecular weight is 268 g/mol. The fraction of sp³-hybridized carbons (Fsp3) is 0.462. The molecule has 0 aliphatic carbocycles. The molecule has 5 heteroatoms. The number of morpholine rings is 1. The molecular weight excluding hydrogens is 251 g/mol. The van der Waals surface area contributed by atoms with Gasteiger partial charge in [0.15, 0.2) is 0 Å². The van der Waals surface area contributed by atoms with Crippen LogP contribution in [0.1, 0.15) is 10.4 Å². The van der Waals surface area contributed by atoms with E-state index in [9.17, 15) is 4.79 Å². The van der Waals surface area contributed by atoms with Gasteiger partial charge in [-0.05, 0) is 24.3 Å². The lowest BCUT2D eigenvalue weighted by molar-refractivity contribution is 0.0383. The van der Waals surface area contributed by atoms with E-state index in [1.54, 1.807) is 24.3 Å². The van der Waals surface area contributed by atoms with E-state index < -0.39 is 0 Å². The number of ether oxygens (including phenoxy) is 1. The fourth-order valence-electron chi connectivity index (χ4n) is 1.86. The normalized spacial score (nSPS) is 16.5. The van der Waals surface area contributed by atoms with Crippen LogP contribution < -0.4 is 5.32 Å². The molecule has 0 radical (unpaired) electrons. The van der Waals surface area contributed by atoms with E-state index in [-0.39, 0.29) is 5.91 Å². The van der Waals surface area contributed by atoms with E-state index in [2.05, 4.69) is 10.2 Å². The van der Waals surface area contributed by atoms with Crippen molar-refractivity contribution in [2.75, 3.05) is 39.4 Å². The molecule has 1 aromatic rings. The van der Waals surface area contributed by atoms with Gasteiger partial charge in [0, 0.05) is 36.8 Å². The molecule has 1 aliphatic rings. The van der Waals surface area contributed by atoms with Crippen molar-refractivity contribution in [3.05, 3.63) is 34.9 Å². The minimum atomic E-state index is -0.0556. The number of nitrogens with one attached hydrogen (secondary N) is 1. The summed E-state index contributed by atoms with van der Waals surface area (Å²) in [6, 6.07) is 6.90. The summed E-state index contributed by atoms with van der Waals surface area (Å²) in [5.41, 5.74) is 0.640. The largest absolute Gasteiger partial charge is 0.379 e. The van der Waals surface area contributed by atoms with Crippen LogP contribution >= 0.6 is 11.6 Å². The van der Waals surface area contributed by atoms with Gasteiger partial charge in [-0.1, -0.05) is 11.6 Å². The fourth-order valence-corrected chi connectivity index (χ4v) is 1.98. The second-order valence-corrected chi connectivity index (χ2v) is 4.65. The number of rotatable bonds is 4. The number of amides is 1. The highest BCUT2D eigenvalue weighted by molar-refractivity contribution is 6.30. The first-order valence-electron chi connectivity index (χ1n) is 6.09. The monoisotopic (exact) mass is 267 g/mol. The molecule has 1 amide bonds. The maximum atomic E-state index is 11.8. The van der Waals surface area contributed by atoms with E-state index in [0.29, 0.717) is 17.1 Å². The number of nitrogens with zero attached hydrogens (tertiary/aromatic N) is 1. The molecule has 0 unspecified atom stereocenters. The van der Waals surface area contributed by atoms with Crippen molar-refractivity contribution in [2.45, 2.75) is 0 Å². The second-order valence-electron chi connectivity index (χ2n) is 4.22. The van der Waals surface area contributed by atoms with Gasteiger partial charge in [-0.25, -0.2) is 0 Å². The van der Waals surface area contributed by atoms with Crippen molar-refractivity contribution in [2.24, 2.45) is 0 Å². The third-order valence-corrected chi connectivity index (χ3v) is 3.18. The van der Waals surface area contributed by atoms with Crippen molar-refractivity contribution in [3.8, 4) is 0 Å². The van der Waals surface area contributed by atoms with Gasteiger partial charge in [0.2, 0.25) is 0 Å². The molecule has 1 aliphatic heterocycles. The molecule has 1 aromatic carbocycles. The number of carbonyl (C=O) groups excluding carboxylic acids is 1. The Bertz CT molecular complexity index is 388. The highest BCUT2D eigenvalue weighted by atomic mass is 35.5. The first-order valence-corrected chi connectivity index (χ1v) is 6.47. The molecule has 2 rings (SSSR count). The van der Waals surface area contributed by atoms with Crippen molar-refractivity contribution in [1.29, 1.82) is 0 Å². The van der Waals surface area contributed by atoms with Crippen LogP contribution in [0.4, 0.5) is 0 Å². The van der Waals surface area contributed by atoms with Crippen LogP contribution in [0.3, 0.4) is 0 Å². The molecule has 1 saturated heterocycles. The van der Waals surface area contributed by atoms with Crippen molar-refractivity contribution in [1.82, 2.24) is 10.2 Å². The molecule has 18 heavy (non-hydrogen) atoms. The Balaban J connectivity index is 1.72. The van der Waals surface area contributed by atoms with Crippen molar-refractivity contribution in [3.63, 3.8) is 0 Å². The van der Waals surface area contributed by atoms with Crippen LogP contribution in [0.25, 0.3) is 0 Å². The van der Waals surface area contributed by atoms with E-state index in [1.165, 1.54) is 0 Å². The van der Waals surface area contributed by atoms with Crippen LogP contribution in [-0.4, -0.2) is 50.2 Å². The maximum absolute atomic E-state index is 11.8. The van der Waals surface area contributed by atoms with Gasteiger partial charge < -0.3 is 10.1 Å². The molecule has 1 N–H and O–H groups in total. The van der Waals surface area contributed by atoms with Gasteiger partial charge in [-0.15, -0.1) is 0 Å². The summed E-state index contributed by atoms with van der Waals surface area (Å²) in [5, 5.41) is 3.54. The van der Waals surface area contributed by atoms with Crippen LogP contribution in [0.5, 0.6) is 0 Å². The maximum Gasteiger partial charge on any atom is 0.251 e. The van der Waals surface area contributed by atoms with Gasteiger partial charge >= 0.3 is 0 Å². The molecule has 1 fully saturated rings. The van der Waals surface area contributed by atoms with E-state index >= 15 is 0 Å². The van der Waals surface area contributed by atoms with Crippen LogP contribution in [0.2, 0.25) is 5.02 Å². The molecule has 0 aromatic heterocycles. The summed E-state index contributed by atoms with van der Waals surface area (Å²) in [6.45, 7) is 4.97. The Kier molecular flexibility index (Phi) is 4.99. The smallest absolute Gasteiger partial charge is 0.251 e. The van der Waals surface area contributed by atoms with E-state index in [1.807, 2.05) is 0 Å². The quantitative estimate of drug-likeness (QED) is 0.897. The van der Waals surface area contributed by atoms with Crippen LogP contribution in [-0.2, 0) is 4.74 Å². The lowest BCUT2D eigenvalue weighted by atomic mass is 9.89. The predicted octanol–water partition coefficient (Wildman–Crippen LogP) is 1.40. The SMILES string of the molecule is O=[11C](NCCN1CCOCC1)c1ccc(Cl)cc1. The van der Waals surface area contributed by atoms with Gasteiger partial charge in [-0.3, -0.25) is 9.69 Å². The number of benzene rings is 1. The minimum absolute atomic E-state index is 0.0556. The molecule has 0 atom stereocenters. The van der Waals surface area contributed by atoms with Crippen molar-refractivity contribution < 1.29 is 9.53 Å². The van der Waals surface area contributed by atoms with Crippen LogP contribution in [0.15, 0.2) is 24.3 Å². The molecule has 1 heterocycles. The molecule has 4 nitrogen and oxygen atoms in total. The number of halogens is 1. The Labute approximate surface area is 112 Å². The minimum Gasteiger partial charge on any atom is -0.379 e. The molecule has 0 saturated carbocycles.